The topological polar surface area (TPSA) is 50.7 Å². The monoisotopic (exact) mass is 149 g/mol. The van der Waals surface area contributed by atoms with Crippen molar-refractivity contribution in [1.82, 2.24) is 5.32 Å². The maximum absolute atomic E-state index is 8.80. The summed E-state index contributed by atoms with van der Waals surface area (Å²) in [5.74, 6) is 0. The van der Waals surface area contributed by atoms with E-state index in [1.54, 1.807) is 6.92 Å². The van der Waals surface area contributed by atoms with E-state index in [-0.39, 0.29) is 0 Å². The van der Waals surface area contributed by atoms with Crippen LogP contribution in [0.1, 0.15) is 6.92 Å². The SMILES string of the molecule is CCOC(O)OCCNC. The van der Waals surface area contributed by atoms with Crippen LogP contribution in [0.3, 0.4) is 0 Å². The maximum atomic E-state index is 8.80. The van der Waals surface area contributed by atoms with Crippen LogP contribution >= 0.6 is 0 Å². The normalized spacial score (nSPS) is 13.5. The van der Waals surface area contributed by atoms with Crippen molar-refractivity contribution >= 4 is 0 Å². The van der Waals surface area contributed by atoms with Crippen LogP contribution in [-0.4, -0.2) is 38.4 Å². The second-order valence-corrected chi connectivity index (χ2v) is 1.74. The first kappa shape index (κ1) is 9.84. The van der Waals surface area contributed by atoms with Crippen LogP contribution in [0.5, 0.6) is 0 Å². The van der Waals surface area contributed by atoms with Gasteiger partial charge in [0.25, 0.3) is 6.48 Å². The number of ether oxygens (including phenoxy) is 2. The summed E-state index contributed by atoms with van der Waals surface area (Å²) in [5.41, 5.74) is 0. The average molecular weight is 149 g/mol. The number of hydrogen-bond donors (Lipinski definition) is 2. The van der Waals surface area contributed by atoms with E-state index in [0.29, 0.717) is 19.8 Å². The molecule has 10 heavy (non-hydrogen) atoms. The molecule has 0 aliphatic heterocycles. The second kappa shape index (κ2) is 6.95. The van der Waals surface area contributed by atoms with E-state index >= 15 is 0 Å². The lowest BCUT2D eigenvalue weighted by molar-refractivity contribution is -0.259. The summed E-state index contributed by atoms with van der Waals surface area (Å²) in [6.45, 7) is 2.35. The van der Waals surface area contributed by atoms with Crippen molar-refractivity contribution in [1.29, 1.82) is 0 Å². The van der Waals surface area contributed by atoms with Crippen LogP contribution in [-0.2, 0) is 9.47 Å². The van der Waals surface area contributed by atoms with E-state index in [0.717, 1.165) is 0 Å². The molecule has 0 aromatic carbocycles. The van der Waals surface area contributed by atoms with Gasteiger partial charge in [-0.25, -0.2) is 0 Å². The highest BCUT2D eigenvalue weighted by Crippen LogP contribution is 1.87. The molecular formula is C6H15NO3. The molecule has 0 rings (SSSR count). The first-order chi connectivity index (χ1) is 4.81. The molecule has 0 aliphatic rings. The first-order valence-electron chi connectivity index (χ1n) is 3.37. The van der Waals surface area contributed by atoms with Crippen LogP contribution in [0.4, 0.5) is 0 Å². The molecule has 1 atom stereocenters. The highest BCUT2D eigenvalue weighted by molar-refractivity contribution is 4.33. The van der Waals surface area contributed by atoms with Gasteiger partial charge in [0, 0.05) is 13.2 Å². The largest absolute Gasteiger partial charge is 0.346 e. The fourth-order valence-electron chi connectivity index (χ4n) is 0.452. The van der Waals surface area contributed by atoms with E-state index in [9.17, 15) is 0 Å². The minimum atomic E-state index is -1.07. The van der Waals surface area contributed by atoms with Gasteiger partial charge in [-0.15, -0.1) is 0 Å². The summed E-state index contributed by atoms with van der Waals surface area (Å²) in [4.78, 5) is 0. The van der Waals surface area contributed by atoms with E-state index < -0.39 is 6.48 Å². The lowest BCUT2D eigenvalue weighted by Gasteiger charge is -2.10. The van der Waals surface area contributed by atoms with Crippen molar-refractivity contribution in [2.24, 2.45) is 0 Å². The quantitative estimate of drug-likeness (QED) is 0.396. The Morgan fingerprint density at radius 1 is 1.50 bits per heavy atom. The summed E-state index contributed by atoms with van der Waals surface area (Å²) in [7, 11) is 1.82. The molecule has 0 saturated heterocycles. The zero-order chi connectivity index (χ0) is 7.82. The highest BCUT2D eigenvalue weighted by atomic mass is 16.8. The van der Waals surface area contributed by atoms with E-state index in [1.807, 2.05) is 7.05 Å². The molecule has 4 nitrogen and oxygen atoms in total. The Morgan fingerprint density at radius 2 is 2.20 bits per heavy atom. The van der Waals surface area contributed by atoms with Crippen molar-refractivity contribution in [2.75, 3.05) is 26.8 Å². The van der Waals surface area contributed by atoms with Gasteiger partial charge in [0.1, 0.15) is 0 Å². The molecule has 0 heterocycles. The number of likely N-dealkylation sites (N-methyl/N-ethyl adjacent to an activating group) is 1. The molecule has 4 heteroatoms. The van der Waals surface area contributed by atoms with Crippen molar-refractivity contribution in [2.45, 2.75) is 13.4 Å². The van der Waals surface area contributed by atoms with Crippen molar-refractivity contribution < 1.29 is 14.6 Å². The predicted molar refractivity (Wildman–Crippen MR) is 37.5 cm³/mol. The lowest BCUT2D eigenvalue weighted by atomic mass is 10.7. The Kier molecular flexibility index (Phi) is 6.84. The van der Waals surface area contributed by atoms with Crippen LogP contribution in [0.15, 0.2) is 0 Å². The molecule has 2 N–H and O–H groups in total. The molecule has 0 radical (unpaired) electrons. The molecule has 0 saturated carbocycles. The molecule has 0 aromatic rings. The Labute approximate surface area is 61.1 Å². The van der Waals surface area contributed by atoms with E-state index in [4.69, 9.17) is 14.6 Å². The third-order valence-electron chi connectivity index (χ3n) is 0.922. The maximum Gasteiger partial charge on any atom is 0.269 e. The van der Waals surface area contributed by atoms with Gasteiger partial charge < -0.3 is 19.9 Å². The van der Waals surface area contributed by atoms with Gasteiger partial charge in [0.05, 0.1) is 6.61 Å². The van der Waals surface area contributed by atoms with Crippen LogP contribution in [0, 0.1) is 0 Å². The summed E-state index contributed by atoms with van der Waals surface area (Å²) in [6.07, 6.45) is 0. The zero-order valence-electron chi connectivity index (χ0n) is 6.46. The van der Waals surface area contributed by atoms with E-state index in [1.165, 1.54) is 0 Å². The van der Waals surface area contributed by atoms with Gasteiger partial charge in [-0.3, -0.25) is 0 Å². The van der Waals surface area contributed by atoms with Crippen LogP contribution in [0.2, 0.25) is 0 Å². The number of aliphatic hydroxyl groups is 1. The highest BCUT2D eigenvalue weighted by Gasteiger charge is 1.99. The number of rotatable bonds is 6. The molecule has 0 fully saturated rings. The van der Waals surface area contributed by atoms with Crippen LogP contribution < -0.4 is 5.32 Å². The minimum absolute atomic E-state index is 0.456. The predicted octanol–water partition coefficient (Wildman–Crippen LogP) is -0.465. The Bertz CT molecular complexity index is 70.0. The van der Waals surface area contributed by atoms with Crippen molar-refractivity contribution in [3.05, 3.63) is 0 Å². The fourth-order valence-corrected chi connectivity index (χ4v) is 0.452. The molecule has 0 spiro atoms. The molecule has 62 valence electrons. The van der Waals surface area contributed by atoms with Gasteiger partial charge in [-0.05, 0) is 14.0 Å². The van der Waals surface area contributed by atoms with Gasteiger partial charge >= 0.3 is 0 Å². The van der Waals surface area contributed by atoms with Gasteiger partial charge in [0.15, 0.2) is 0 Å². The Hall–Kier alpha value is -0.160. The summed E-state index contributed by atoms with van der Waals surface area (Å²) in [5, 5.41) is 11.7. The summed E-state index contributed by atoms with van der Waals surface area (Å²) < 4.78 is 9.49. The van der Waals surface area contributed by atoms with Gasteiger partial charge in [-0.1, -0.05) is 0 Å². The average Bonchev–Trinajstić information content (AvgIpc) is 1.89. The molecule has 0 amide bonds. The smallest absolute Gasteiger partial charge is 0.269 e. The lowest BCUT2D eigenvalue weighted by Crippen LogP contribution is -2.22. The molecule has 1 unspecified atom stereocenters. The number of aliphatic hydroxyl groups excluding tert-OH is 1. The minimum Gasteiger partial charge on any atom is -0.346 e. The number of nitrogens with one attached hydrogen (secondary N) is 1. The van der Waals surface area contributed by atoms with Crippen molar-refractivity contribution in [3.63, 3.8) is 0 Å². The fraction of sp³-hybridized carbons (Fsp3) is 1.00. The standard InChI is InChI=1S/C6H15NO3/c1-3-9-6(8)10-5-4-7-2/h6-8H,3-5H2,1-2H3. The Balaban J connectivity index is 2.97. The molecule has 0 aliphatic carbocycles. The van der Waals surface area contributed by atoms with Gasteiger partial charge in [0.2, 0.25) is 0 Å². The van der Waals surface area contributed by atoms with Gasteiger partial charge in [-0.2, -0.15) is 0 Å². The third-order valence-corrected chi connectivity index (χ3v) is 0.922. The molecule has 0 bridgehead atoms. The summed E-state index contributed by atoms with van der Waals surface area (Å²) in [6, 6.07) is 0. The van der Waals surface area contributed by atoms with E-state index in [2.05, 4.69) is 5.32 Å². The summed E-state index contributed by atoms with van der Waals surface area (Å²) >= 11 is 0. The molecular weight excluding hydrogens is 134 g/mol. The molecule has 0 aromatic heterocycles. The first-order valence-corrected chi connectivity index (χ1v) is 3.37. The van der Waals surface area contributed by atoms with Crippen LogP contribution in [0.25, 0.3) is 0 Å². The number of hydrogen-bond acceptors (Lipinski definition) is 4. The Morgan fingerprint density at radius 3 is 2.70 bits per heavy atom. The third kappa shape index (κ3) is 5.97. The zero-order valence-corrected chi connectivity index (χ0v) is 6.46. The second-order valence-electron chi connectivity index (χ2n) is 1.74. The van der Waals surface area contributed by atoms with Crippen molar-refractivity contribution in [3.8, 4) is 0 Å².